The van der Waals surface area contributed by atoms with Gasteiger partial charge in [0.1, 0.15) is 0 Å². The Balaban J connectivity index is 0.00000144. The summed E-state index contributed by atoms with van der Waals surface area (Å²) in [5, 5.41) is 0. The molecule has 2 aliphatic rings. The summed E-state index contributed by atoms with van der Waals surface area (Å²) in [7, 11) is 0. The Kier molecular flexibility index (Phi) is 5.74. The van der Waals surface area contributed by atoms with E-state index < -0.39 is 0 Å². The van der Waals surface area contributed by atoms with Crippen molar-refractivity contribution in [1.29, 1.82) is 0 Å². The molecule has 17 heavy (non-hydrogen) atoms. The van der Waals surface area contributed by atoms with Crippen molar-refractivity contribution in [3.05, 3.63) is 0 Å². The quantitative estimate of drug-likeness (QED) is 0.846. The monoisotopic (exact) mass is 260 g/mol. The number of carbonyl (C=O) groups excluding carboxylic acids is 1. The van der Waals surface area contributed by atoms with Crippen LogP contribution in [0.5, 0.6) is 0 Å². The molecular formula is C13H25ClN2O. The molecule has 3 nitrogen and oxygen atoms in total. The molecule has 0 aromatic heterocycles. The van der Waals surface area contributed by atoms with E-state index in [0.29, 0.717) is 23.8 Å². The molecule has 2 N–H and O–H groups in total. The predicted octanol–water partition coefficient (Wildman–Crippen LogP) is 2.18. The highest BCUT2D eigenvalue weighted by atomic mass is 35.5. The van der Waals surface area contributed by atoms with Gasteiger partial charge in [0.2, 0.25) is 5.91 Å². The summed E-state index contributed by atoms with van der Waals surface area (Å²) in [5.41, 5.74) is 5.68. The maximum atomic E-state index is 12.2. The largest absolute Gasteiger partial charge is 0.340 e. The molecule has 2 fully saturated rings. The molecule has 2 atom stereocenters. The maximum absolute atomic E-state index is 12.2. The average molecular weight is 261 g/mol. The minimum Gasteiger partial charge on any atom is -0.340 e. The number of hydrogen-bond donors (Lipinski definition) is 1. The van der Waals surface area contributed by atoms with Gasteiger partial charge in [-0.25, -0.2) is 0 Å². The Morgan fingerprint density at radius 2 is 1.94 bits per heavy atom. The lowest BCUT2D eigenvalue weighted by Crippen LogP contribution is -2.35. The topological polar surface area (TPSA) is 46.3 Å². The molecule has 1 amide bonds. The number of nitrogens with zero attached hydrogens (tertiary/aromatic N) is 1. The number of likely N-dealkylation sites (tertiary alicyclic amines) is 1. The highest BCUT2D eigenvalue weighted by Crippen LogP contribution is 2.30. The third-order valence-electron chi connectivity index (χ3n) is 4.25. The molecule has 1 saturated heterocycles. The molecule has 0 radical (unpaired) electrons. The van der Waals surface area contributed by atoms with E-state index in [0.717, 1.165) is 25.9 Å². The van der Waals surface area contributed by atoms with Gasteiger partial charge in [0.25, 0.3) is 0 Å². The Hall–Kier alpha value is -0.280. The van der Waals surface area contributed by atoms with Crippen molar-refractivity contribution in [3.63, 3.8) is 0 Å². The van der Waals surface area contributed by atoms with Crippen LogP contribution in [0, 0.1) is 11.8 Å². The lowest BCUT2D eigenvalue weighted by molar-refractivity contribution is -0.132. The summed E-state index contributed by atoms with van der Waals surface area (Å²) in [6.07, 6.45) is 7.02. The van der Waals surface area contributed by atoms with Gasteiger partial charge in [-0.05, 0) is 44.6 Å². The van der Waals surface area contributed by atoms with Gasteiger partial charge in [0.05, 0.1) is 0 Å². The van der Waals surface area contributed by atoms with E-state index in [1.165, 1.54) is 25.7 Å². The first-order valence-electron chi connectivity index (χ1n) is 6.70. The van der Waals surface area contributed by atoms with E-state index in [4.69, 9.17) is 5.73 Å². The molecule has 0 aromatic carbocycles. The summed E-state index contributed by atoms with van der Waals surface area (Å²) >= 11 is 0. The number of hydrogen-bond acceptors (Lipinski definition) is 2. The SMILES string of the molecule is CC1CC(CN)CN1C(=O)CC1CCCC1.Cl. The van der Waals surface area contributed by atoms with Crippen molar-refractivity contribution in [3.8, 4) is 0 Å². The fourth-order valence-electron chi connectivity index (χ4n) is 3.24. The van der Waals surface area contributed by atoms with Crippen LogP contribution in [0.3, 0.4) is 0 Å². The van der Waals surface area contributed by atoms with E-state index in [-0.39, 0.29) is 12.4 Å². The minimum atomic E-state index is 0. The normalized spacial score (nSPS) is 29.4. The van der Waals surface area contributed by atoms with E-state index >= 15 is 0 Å². The molecule has 1 saturated carbocycles. The zero-order valence-corrected chi connectivity index (χ0v) is 11.5. The molecule has 0 spiro atoms. The van der Waals surface area contributed by atoms with Crippen molar-refractivity contribution in [2.75, 3.05) is 13.1 Å². The molecule has 2 unspecified atom stereocenters. The van der Waals surface area contributed by atoms with Crippen LogP contribution in [0.4, 0.5) is 0 Å². The molecule has 1 aliphatic heterocycles. The predicted molar refractivity (Wildman–Crippen MR) is 72.2 cm³/mol. The van der Waals surface area contributed by atoms with Crippen LogP contribution in [-0.4, -0.2) is 29.9 Å². The second kappa shape index (κ2) is 6.60. The molecule has 2 rings (SSSR count). The lowest BCUT2D eigenvalue weighted by Gasteiger charge is -2.23. The van der Waals surface area contributed by atoms with E-state index in [1.54, 1.807) is 0 Å². The fraction of sp³-hybridized carbons (Fsp3) is 0.923. The van der Waals surface area contributed by atoms with Gasteiger partial charge >= 0.3 is 0 Å². The third-order valence-corrected chi connectivity index (χ3v) is 4.25. The number of carbonyl (C=O) groups is 1. The van der Waals surface area contributed by atoms with Gasteiger partial charge in [-0.2, -0.15) is 0 Å². The second-order valence-electron chi connectivity index (χ2n) is 5.59. The van der Waals surface area contributed by atoms with Gasteiger partial charge < -0.3 is 10.6 Å². The smallest absolute Gasteiger partial charge is 0.223 e. The van der Waals surface area contributed by atoms with E-state index in [9.17, 15) is 4.79 Å². The van der Waals surface area contributed by atoms with Gasteiger partial charge in [0, 0.05) is 19.0 Å². The van der Waals surface area contributed by atoms with Crippen LogP contribution >= 0.6 is 12.4 Å². The highest BCUT2D eigenvalue weighted by molar-refractivity contribution is 5.85. The first-order chi connectivity index (χ1) is 7.70. The molecule has 0 aromatic rings. The van der Waals surface area contributed by atoms with Crippen LogP contribution in [0.2, 0.25) is 0 Å². The summed E-state index contributed by atoms with van der Waals surface area (Å²) in [5.74, 6) is 1.56. The zero-order chi connectivity index (χ0) is 11.5. The number of amides is 1. The Labute approximate surface area is 111 Å². The summed E-state index contributed by atoms with van der Waals surface area (Å²) < 4.78 is 0. The highest BCUT2D eigenvalue weighted by Gasteiger charge is 2.32. The minimum absolute atomic E-state index is 0. The summed E-state index contributed by atoms with van der Waals surface area (Å²) in [6, 6.07) is 0.405. The van der Waals surface area contributed by atoms with Crippen LogP contribution in [-0.2, 0) is 4.79 Å². The van der Waals surface area contributed by atoms with Crippen molar-refractivity contribution in [1.82, 2.24) is 4.90 Å². The van der Waals surface area contributed by atoms with Crippen molar-refractivity contribution < 1.29 is 4.79 Å². The van der Waals surface area contributed by atoms with Crippen molar-refractivity contribution in [2.24, 2.45) is 17.6 Å². The van der Waals surface area contributed by atoms with Crippen molar-refractivity contribution in [2.45, 2.75) is 51.5 Å². The standard InChI is InChI=1S/C13H24N2O.ClH/c1-10-6-12(8-14)9-15(10)13(16)7-11-4-2-3-5-11;/h10-12H,2-9,14H2,1H3;1H. The fourth-order valence-corrected chi connectivity index (χ4v) is 3.24. The number of nitrogens with two attached hydrogens (primary N) is 1. The molecule has 4 heteroatoms. The van der Waals surface area contributed by atoms with E-state index in [2.05, 4.69) is 11.8 Å². The Bertz CT molecular complexity index is 254. The number of rotatable bonds is 3. The average Bonchev–Trinajstić information content (AvgIpc) is 2.87. The molecular weight excluding hydrogens is 236 g/mol. The zero-order valence-electron chi connectivity index (χ0n) is 10.7. The summed E-state index contributed by atoms with van der Waals surface area (Å²) in [4.78, 5) is 14.2. The second-order valence-corrected chi connectivity index (χ2v) is 5.59. The van der Waals surface area contributed by atoms with Gasteiger partial charge in [-0.3, -0.25) is 4.79 Å². The summed E-state index contributed by atoms with van der Waals surface area (Å²) in [6.45, 7) is 3.77. The molecule has 0 bridgehead atoms. The van der Waals surface area contributed by atoms with Gasteiger partial charge in [-0.1, -0.05) is 12.8 Å². The molecule has 100 valence electrons. The Morgan fingerprint density at radius 3 is 2.47 bits per heavy atom. The molecule has 1 aliphatic carbocycles. The van der Waals surface area contributed by atoms with Crippen LogP contribution in [0.25, 0.3) is 0 Å². The van der Waals surface area contributed by atoms with E-state index in [1.807, 2.05) is 0 Å². The van der Waals surface area contributed by atoms with Gasteiger partial charge in [-0.15, -0.1) is 12.4 Å². The third kappa shape index (κ3) is 3.59. The maximum Gasteiger partial charge on any atom is 0.223 e. The van der Waals surface area contributed by atoms with Crippen molar-refractivity contribution >= 4 is 18.3 Å². The van der Waals surface area contributed by atoms with Crippen LogP contribution < -0.4 is 5.73 Å². The van der Waals surface area contributed by atoms with Gasteiger partial charge in [0.15, 0.2) is 0 Å². The Morgan fingerprint density at radius 1 is 1.29 bits per heavy atom. The lowest BCUT2D eigenvalue weighted by atomic mass is 10.0. The first-order valence-corrected chi connectivity index (χ1v) is 6.70. The van der Waals surface area contributed by atoms with Crippen LogP contribution in [0.15, 0.2) is 0 Å². The first kappa shape index (κ1) is 14.8. The molecule has 1 heterocycles. The van der Waals surface area contributed by atoms with Crippen LogP contribution in [0.1, 0.15) is 45.4 Å². The number of halogens is 1.